The van der Waals surface area contributed by atoms with Crippen molar-refractivity contribution in [2.45, 2.75) is 30.6 Å². The summed E-state index contributed by atoms with van der Waals surface area (Å²) in [6, 6.07) is 8.81. The largest absolute Gasteiger partial charge is 0.351 e. The number of benzene rings is 1. The molecular formula is C16H16N2. The van der Waals surface area contributed by atoms with E-state index < -0.39 is 0 Å². The first-order valence-corrected chi connectivity index (χ1v) is 6.56. The summed E-state index contributed by atoms with van der Waals surface area (Å²) in [5.74, 6) is 0.469. The first kappa shape index (κ1) is 10.1. The Balaban J connectivity index is 1.94. The van der Waals surface area contributed by atoms with Crippen LogP contribution >= 0.6 is 0 Å². The minimum Gasteiger partial charge on any atom is -0.351 e. The number of hydrogen-bond donors (Lipinski definition) is 1. The Labute approximate surface area is 107 Å². The van der Waals surface area contributed by atoms with Gasteiger partial charge in [-0.2, -0.15) is 0 Å². The third kappa shape index (κ3) is 1.10. The van der Waals surface area contributed by atoms with Gasteiger partial charge in [0.2, 0.25) is 0 Å². The Morgan fingerprint density at radius 1 is 1.33 bits per heavy atom. The van der Waals surface area contributed by atoms with Crippen molar-refractivity contribution in [3.8, 4) is 0 Å². The molecule has 1 N–H and O–H groups in total. The van der Waals surface area contributed by atoms with E-state index in [2.05, 4.69) is 47.0 Å². The molecule has 18 heavy (non-hydrogen) atoms. The van der Waals surface area contributed by atoms with E-state index in [0.717, 1.165) is 12.8 Å². The fourth-order valence-electron chi connectivity index (χ4n) is 3.99. The van der Waals surface area contributed by atoms with Crippen molar-refractivity contribution in [2.75, 3.05) is 0 Å². The highest BCUT2D eigenvalue weighted by atomic mass is 14.9. The zero-order valence-electron chi connectivity index (χ0n) is 10.3. The van der Waals surface area contributed by atoms with Crippen LogP contribution in [0, 0.1) is 0 Å². The van der Waals surface area contributed by atoms with Gasteiger partial charge >= 0.3 is 0 Å². The molecule has 0 bridgehead atoms. The van der Waals surface area contributed by atoms with Crippen molar-refractivity contribution in [1.82, 2.24) is 9.97 Å². The summed E-state index contributed by atoms with van der Waals surface area (Å²) in [5.41, 5.74) is 5.71. The lowest BCUT2D eigenvalue weighted by molar-refractivity contribution is 0.423. The van der Waals surface area contributed by atoms with Crippen LogP contribution in [0.25, 0.3) is 0 Å². The fraction of sp³-hybridized carbons (Fsp3) is 0.312. The Hall–Kier alpha value is -1.83. The van der Waals surface area contributed by atoms with Gasteiger partial charge in [-0.3, -0.25) is 0 Å². The molecule has 2 unspecified atom stereocenters. The van der Waals surface area contributed by atoms with Gasteiger partial charge in [-0.1, -0.05) is 36.4 Å². The van der Waals surface area contributed by atoms with Gasteiger partial charge in [-0.15, -0.1) is 0 Å². The molecule has 0 spiro atoms. The fourth-order valence-corrected chi connectivity index (χ4v) is 3.99. The third-order valence-electron chi connectivity index (χ3n) is 4.73. The summed E-state index contributed by atoms with van der Waals surface area (Å²) in [4.78, 5) is 7.67. The smallest absolute Gasteiger partial charge is 0.0923 e. The van der Waals surface area contributed by atoms with Crippen molar-refractivity contribution in [2.24, 2.45) is 0 Å². The Bertz CT molecular complexity index is 612. The van der Waals surface area contributed by atoms with Crippen molar-refractivity contribution in [1.29, 1.82) is 0 Å². The lowest BCUT2D eigenvalue weighted by Crippen LogP contribution is -2.27. The van der Waals surface area contributed by atoms with E-state index in [4.69, 9.17) is 0 Å². The van der Waals surface area contributed by atoms with Gasteiger partial charge in [0, 0.05) is 17.5 Å². The number of imidazole rings is 1. The minimum atomic E-state index is 0.167. The van der Waals surface area contributed by atoms with E-state index in [1.54, 1.807) is 6.33 Å². The third-order valence-corrected chi connectivity index (χ3v) is 4.73. The molecule has 2 nitrogen and oxygen atoms in total. The summed E-state index contributed by atoms with van der Waals surface area (Å²) in [6.45, 7) is 4.31. The van der Waals surface area contributed by atoms with Crippen LogP contribution in [0.5, 0.6) is 0 Å². The Morgan fingerprint density at radius 3 is 3.06 bits per heavy atom. The standard InChI is InChI=1S/C16H16N2/c1-11-6-7-16(14-9-17-10-18-14)8-12-4-2-3-5-13(12)15(11)16/h2-5,9-10,15H,1,6-8H2,(H,17,18). The first-order valence-electron chi connectivity index (χ1n) is 6.56. The lowest BCUT2D eigenvalue weighted by atomic mass is 9.75. The van der Waals surface area contributed by atoms with Crippen LogP contribution in [0.4, 0.5) is 0 Å². The molecule has 1 heterocycles. The van der Waals surface area contributed by atoms with E-state index >= 15 is 0 Å². The van der Waals surface area contributed by atoms with E-state index in [9.17, 15) is 0 Å². The molecule has 0 amide bonds. The van der Waals surface area contributed by atoms with Gasteiger partial charge in [0.25, 0.3) is 0 Å². The highest BCUT2D eigenvalue weighted by molar-refractivity contribution is 5.51. The molecule has 2 atom stereocenters. The predicted molar refractivity (Wildman–Crippen MR) is 71.5 cm³/mol. The molecular weight excluding hydrogens is 220 g/mol. The second-order valence-electron chi connectivity index (χ2n) is 5.58. The van der Waals surface area contributed by atoms with Crippen molar-refractivity contribution in [3.05, 3.63) is 65.8 Å². The Morgan fingerprint density at radius 2 is 2.22 bits per heavy atom. The van der Waals surface area contributed by atoms with E-state index in [0.29, 0.717) is 5.92 Å². The normalized spacial score (nSPS) is 29.3. The molecule has 1 aromatic heterocycles. The van der Waals surface area contributed by atoms with Gasteiger partial charge in [0.05, 0.1) is 12.0 Å². The number of allylic oxidation sites excluding steroid dienone is 1. The molecule has 2 aliphatic rings. The van der Waals surface area contributed by atoms with Gasteiger partial charge in [-0.05, 0) is 30.4 Å². The molecule has 1 saturated carbocycles. The number of fused-ring (bicyclic) bond motifs is 3. The van der Waals surface area contributed by atoms with Crippen LogP contribution in [0.15, 0.2) is 48.9 Å². The van der Waals surface area contributed by atoms with Crippen LogP contribution in [0.2, 0.25) is 0 Å². The van der Waals surface area contributed by atoms with E-state index in [1.165, 1.54) is 28.8 Å². The monoisotopic (exact) mass is 236 g/mol. The summed E-state index contributed by atoms with van der Waals surface area (Å²) in [6.07, 6.45) is 7.28. The maximum absolute atomic E-state index is 4.55. The number of nitrogens with one attached hydrogen (secondary N) is 1. The number of rotatable bonds is 1. The summed E-state index contributed by atoms with van der Waals surface area (Å²) < 4.78 is 0. The second-order valence-corrected chi connectivity index (χ2v) is 5.58. The Kier molecular flexibility index (Phi) is 1.88. The van der Waals surface area contributed by atoms with Crippen LogP contribution in [-0.4, -0.2) is 9.97 Å². The number of nitrogens with zero attached hydrogens (tertiary/aromatic N) is 1. The first-order chi connectivity index (χ1) is 8.81. The zero-order valence-corrected chi connectivity index (χ0v) is 10.3. The predicted octanol–water partition coefficient (Wildman–Crippen LogP) is 3.34. The topological polar surface area (TPSA) is 28.7 Å². The molecule has 0 aliphatic heterocycles. The molecule has 0 saturated heterocycles. The molecule has 1 fully saturated rings. The number of aromatic nitrogens is 2. The molecule has 0 radical (unpaired) electrons. The van der Waals surface area contributed by atoms with E-state index in [1.807, 2.05) is 0 Å². The average Bonchev–Trinajstić information content (AvgIpc) is 3.05. The lowest BCUT2D eigenvalue weighted by Gasteiger charge is -2.27. The van der Waals surface area contributed by atoms with Crippen LogP contribution in [0.1, 0.15) is 35.6 Å². The minimum absolute atomic E-state index is 0.167. The average molecular weight is 236 g/mol. The summed E-state index contributed by atoms with van der Waals surface area (Å²) in [7, 11) is 0. The maximum atomic E-state index is 4.55. The van der Waals surface area contributed by atoms with Crippen molar-refractivity contribution in [3.63, 3.8) is 0 Å². The van der Waals surface area contributed by atoms with Crippen LogP contribution in [0.3, 0.4) is 0 Å². The highest BCUT2D eigenvalue weighted by Crippen LogP contribution is 2.59. The maximum Gasteiger partial charge on any atom is 0.0923 e. The number of hydrogen-bond acceptors (Lipinski definition) is 1. The van der Waals surface area contributed by atoms with E-state index in [-0.39, 0.29) is 5.41 Å². The molecule has 2 heteroatoms. The summed E-state index contributed by atoms with van der Waals surface area (Å²) in [5, 5.41) is 0. The molecule has 2 aliphatic carbocycles. The SMILES string of the molecule is C=C1CCC2(c3c[nH]cn3)Cc3ccccc3C12. The van der Waals surface area contributed by atoms with Gasteiger partial charge in [-0.25, -0.2) is 4.98 Å². The molecule has 90 valence electrons. The quantitative estimate of drug-likeness (QED) is 0.756. The molecule has 1 aromatic carbocycles. The molecule has 4 rings (SSSR count). The van der Waals surface area contributed by atoms with Gasteiger partial charge in [0.15, 0.2) is 0 Å². The highest BCUT2D eigenvalue weighted by Gasteiger charge is 2.52. The van der Waals surface area contributed by atoms with Crippen molar-refractivity contribution < 1.29 is 0 Å². The van der Waals surface area contributed by atoms with Crippen LogP contribution < -0.4 is 0 Å². The molecule has 2 aromatic rings. The number of aromatic amines is 1. The van der Waals surface area contributed by atoms with Crippen molar-refractivity contribution >= 4 is 0 Å². The van der Waals surface area contributed by atoms with Crippen LogP contribution in [-0.2, 0) is 11.8 Å². The van der Waals surface area contributed by atoms with Gasteiger partial charge < -0.3 is 4.98 Å². The van der Waals surface area contributed by atoms with Gasteiger partial charge in [0.1, 0.15) is 0 Å². The zero-order chi connectivity index (χ0) is 12.2. The second kappa shape index (κ2) is 3.35. The number of H-pyrrole nitrogens is 1. The summed E-state index contributed by atoms with van der Waals surface area (Å²) >= 11 is 0.